The van der Waals surface area contributed by atoms with Gasteiger partial charge in [0.25, 0.3) is 5.91 Å². The fourth-order valence-electron chi connectivity index (χ4n) is 1.60. The van der Waals surface area contributed by atoms with Crippen molar-refractivity contribution in [3.8, 4) is 0 Å². The van der Waals surface area contributed by atoms with E-state index in [1.165, 1.54) is 0 Å². The van der Waals surface area contributed by atoms with E-state index < -0.39 is 0 Å². The van der Waals surface area contributed by atoms with Gasteiger partial charge in [0.15, 0.2) is 0 Å². The number of hydrazone groups is 1. The van der Waals surface area contributed by atoms with Crippen molar-refractivity contribution in [2.45, 2.75) is 12.8 Å². The topological polar surface area (TPSA) is 54.4 Å². The fraction of sp³-hybridized carbons (Fsp3) is 0.133. The number of hydrogen-bond donors (Lipinski definition) is 1. The Labute approximate surface area is 112 Å². The average Bonchev–Trinajstić information content (AvgIpc) is 2.49. The summed E-state index contributed by atoms with van der Waals surface area (Å²) >= 11 is 0. The fourth-order valence-corrected chi connectivity index (χ4v) is 1.60. The maximum atomic E-state index is 11.7. The number of amides is 1. The van der Waals surface area contributed by atoms with Gasteiger partial charge in [0.1, 0.15) is 5.69 Å². The summed E-state index contributed by atoms with van der Waals surface area (Å²) in [6, 6.07) is 15.1. The van der Waals surface area contributed by atoms with E-state index in [0.717, 1.165) is 5.56 Å². The van der Waals surface area contributed by atoms with Gasteiger partial charge < -0.3 is 0 Å². The summed E-state index contributed by atoms with van der Waals surface area (Å²) in [6.07, 6.45) is 3.28. The molecule has 1 atom stereocenters. The first-order chi connectivity index (χ1) is 9.27. The molecule has 0 bridgehead atoms. The molecule has 0 radical (unpaired) electrons. The zero-order valence-electron chi connectivity index (χ0n) is 10.7. The Kier molecular flexibility index (Phi) is 4.39. The van der Waals surface area contributed by atoms with Crippen LogP contribution in [0, 0.1) is 0 Å². The monoisotopic (exact) mass is 253 g/mol. The third-order valence-electron chi connectivity index (χ3n) is 2.69. The molecule has 1 aromatic heterocycles. The van der Waals surface area contributed by atoms with Gasteiger partial charge in [-0.25, -0.2) is 5.43 Å². The van der Waals surface area contributed by atoms with Crippen LogP contribution in [0.1, 0.15) is 28.9 Å². The van der Waals surface area contributed by atoms with Gasteiger partial charge in [-0.05, 0) is 17.7 Å². The number of carbonyl (C=O) groups is 1. The SMILES string of the molecule is CC(/C=N/NC(=O)c1ccccn1)c1ccccc1. The van der Waals surface area contributed by atoms with E-state index in [-0.39, 0.29) is 11.8 Å². The summed E-state index contributed by atoms with van der Waals surface area (Å²) in [5.41, 5.74) is 3.97. The third-order valence-corrected chi connectivity index (χ3v) is 2.69. The van der Waals surface area contributed by atoms with Crippen LogP contribution in [0.15, 0.2) is 59.8 Å². The molecule has 0 aliphatic rings. The summed E-state index contributed by atoms with van der Waals surface area (Å²) in [6.45, 7) is 2.02. The summed E-state index contributed by atoms with van der Waals surface area (Å²) in [4.78, 5) is 15.6. The first-order valence-electron chi connectivity index (χ1n) is 6.07. The molecular weight excluding hydrogens is 238 g/mol. The lowest BCUT2D eigenvalue weighted by atomic mass is 10.0. The molecule has 4 nitrogen and oxygen atoms in total. The Bertz CT molecular complexity index is 552. The van der Waals surface area contributed by atoms with E-state index in [0.29, 0.717) is 5.69 Å². The number of nitrogens with one attached hydrogen (secondary N) is 1. The van der Waals surface area contributed by atoms with Gasteiger partial charge in [0, 0.05) is 18.3 Å². The van der Waals surface area contributed by atoms with Crippen LogP contribution in [0.2, 0.25) is 0 Å². The van der Waals surface area contributed by atoms with Crippen molar-refractivity contribution >= 4 is 12.1 Å². The van der Waals surface area contributed by atoms with Crippen molar-refractivity contribution in [2.24, 2.45) is 5.10 Å². The molecule has 19 heavy (non-hydrogen) atoms. The van der Waals surface area contributed by atoms with Crippen LogP contribution in [-0.4, -0.2) is 17.1 Å². The zero-order chi connectivity index (χ0) is 13.5. The summed E-state index contributed by atoms with van der Waals surface area (Å²) in [5, 5.41) is 3.96. The highest BCUT2D eigenvalue weighted by molar-refractivity contribution is 5.92. The first kappa shape index (κ1) is 13.0. The van der Waals surface area contributed by atoms with Crippen molar-refractivity contribution in [2.75, 3.05) is 0 Å². The van der Waals surface area contributed by atoms with Gasteiger partial charge in [0.05, 0.1) is 0 Å². The number of nitrogens with zero attached hydrogens (tertiary/aromatic N) is 2. The number of aromatic nitrogens is 1. The highest BCUT2D eigenvalue weighted by Gasteiger charge is 2.04. The van der Waals surface area contributed by atoms with Crippen LogP contribution in [0.25, 0.3) is 0 Å². The van der Waals surface area contributed by atoms with E-state index in [2.05, 4.69) is 15.5 Å². The van der Waals surface area contributed by atoms with Crippen LogP contribution < -0.4 is 5.43 Å². The molecule has 0 saturated carbocycles. The van der Waals surface area contributed by atoms with E-state index in [9.17, 15) is 4.79 Å². The van der Waals surface area contributed by atoms with Crippen LogP contribution in [-0.2, 0) is 0 Å². The number of rotatable bonds is 4. The smallest absolute Gasteiger partial charge is 0.266 e. The summed E-state index contributed by atoms with van der Waals surface area (Å²) in [7, 11) is 0. The maximum absolute atomic E-state index is 11.7. The van der Waals surface area contributed by atoms with E-state index in [1.807, 2.05) is 37.3 Å². The van der Waals surface area contributed by atoms with Crippen LogP contribution in [0.3, 0.4) is 0 Å². The predicted octanol–water partition coefficient (Wildman–Crippen LogP) is 2.60. The highest BCUT2D eigenvalue weighted by atomic mass is 16.2. The molecule has 1 unspecified atom stereocenters. The lowest BCUT2D eigenvalue weighted by Crippen LogP contribution is -2.19. The highest BCUT2D eigenvalue weighted by Crippen LogP contribution is 2.11. The lowest BCUT2D eigenvalue weighted by molar-refractivity contribution is 0.0950. The third kappa shape index (κ3) is 3.74. The predicted molar refractivity (Wildman–Crippen MR) is 75.1 cm³/mol. The minimum absolute atomic E-state index is 0.144. The van der Waals surface area contributed by atoms with Crippen molar-refractivity contribution in [3.63, 3.8) is 0 Å². The summed E-state index contributed by atoms with van der Waals surface area (Å²) in [5.74, 6) is -0.164. The Balaban J connectivity index is 1.92. The van der Waals surface area contributed by atoms with Crippen LogP contribution in [0.4, 0.5) is 0 Å². The summed E-state index contributed by atoms with van der Waals surface area (Å²) < 4.78 is 0. The molecule has 1 heterocycles. The zero-order valence-corrected chi connectivity index (χ0v) is 10.7. The molecule has 0 saturated heterocycles. The van der Waals surface area contributed by atoms with Gasteiger partial charge in [-0.15, -0.1) is 0 Å². The minimum Gasteiger partial charge on any atom is -0.266 e. The molecule has 4 heteroatoms. The van der Waals surface area contributed by atoms with Crippen molar-refractivity contribution < 1.29 is 4.79 Å². The number of pyridine rings is 1. The molecule has 1 N–H and O–H groups in total. The molecule has 1 aromatic carbocycles. The molecule has 0 aliphatic heterocycles. The van der Waals surface area contributed by atoms with Crippen LogP contribution >= 0.6 is 0 Å². The lowest BCUT2D eigenvalue weighted by Gasteiger charge is -2.05. The van der Waals surface area contributed by atoms with E-state index in [1.54, 1.807) is 30.6 Å². The van der Waals surface area contributed by atoms with Gasteiger partial charge in [-0.1, -0.05) is 43.3 Å². The molecule has 2 aromatic rings. The van der Waals surface area contributed by atoms with Crippen molar-refractivity contribution in [1.29, 1.82) is 0 Å². The second-order valence-corrected chi connectivity index (χ2v) is 4.13. The first-order valence-corrected chi connectivity index (χ1v) is 6.07. The molecule has 2 rings (SSSR count). The standard InChI is InChI=1S/C15H15N3O/c1-12(13-7-3-2-4-8-13)11-17-18-15(19)14-9-5-6-10-16-14/h2-12H,1H3,(H,18,19)/b17-11+. The Morgan fingerprint density at radius 1 is 1.21 bits per heavy atom. The average molecular weight is 253 g/mol. The van der Waals surface area contributed by atoms with Gasteiger partial charge in [-0.3, -0.25) is 9.78 Å². The van der Waals surface area contributed by atoms with Crippen molar-refractivity contribution in [3.05, 3.63) is 66.0 Å². The second-order valence-electron chi connectivity index (χ2n) is 4.13. The number of carbonyl (C=O) groups excluding carboxylic acids is 1. The number of hydrogen-bond acceptors (Lipinski definition) is 3. The molecule has 1 amide bonds. The van der Waals surface area contributed by atoms with E-state index in [4.69, 9.17) is 0 Å². The van der Waals surface area contributed by atoms with Crippen molar-refractivity contribution in [1.82, 2.24) is 10.4 Å². The molecule has 0 spiro atoms. The van der Waals surface area contributed by atoms with Gasteiger partial charge in [0.2, 0.25) is 0 Å². The molecule has 0 aliphatic carbocycles. The maximum Gasteiger partial charge on any atom is 0.289 e. The quantitative estimate of drug-likeness (QED) is 0.672. The van der Waals surface area contributed by atoms with E-state index >= 15 is 0 Å². The van der Waals surface area contributed by atoms with Gasteiger partial charge >= 0.3 is 0 Å². The normalized spacial score (nSPS) is 12.3. The molecule has 96 valence electrons. The molecular formula is C15H15N3O. The van der Waals surface area contributed by atoms with Crippen LogP contribution in [0.5, 0.6) is 0 Å². The van der Waals surface area contributed by atoms with Gasteiger partial charge in [-0.2, -0.15) is 5.10 Å². The second kappa shape index (κ2) is 6.44. The largest absolute Gasteiger partial charge is 0.289 e. The Morgan fingerprint density at radius 3 is 2.63 bits per heavy atom. The number of benzene rings is 1. The Morgan fingerprint density at radius 2 is 1.95 bits per heavy atom. The molecule has 0 fully saturated rings. The Hall–Kier alpha value is -2.49. The minimum atomic E-state index is -0.308.